The van der Waals surface area contributed by atoms with Crippen LogP contribution in [0.2, 0.25) is 0 Å². The van der Waals surface area contributed by atoms with Gasteiger partial charge in [-0.25, -0.2) is 0 Å². The van der Waals surface area contributed by atoms with Gasteiger partial charge in [-0.1, -0.05) is 6.07 Å². The Morgan fingerprint density at radius 1 is 1.27 bits per heavy atom. The minimum absolute atomic E-state index is 0.00479. The molecule has 0 spiro atoms. The van der Waals surface area contributed by atoms with Gasteiger partial charge in [0.05, 0.1) is 13.2 Å². The molecule has 0 unspecified atom stereocenters. The maximum Gasteiger partial charge on any atom is 0.243 e. The van der Waals surface area contributed by atoms with Gasteiger partial charge >= 0.3 is 0 Å². The molecule has 1 aromatic carbocycles. The summed E-state index contributed by atoms with van der Waals surface area (Å²) in [4.78, 5) is 23.9. The van der Waals surface area contributed by atoms with Gasteiger partial charge in [-0.3, -0.25) is 9.59 Å². The van der Waals surface area contributed by atoms with Crippen molar-refractivity contribution in [1.29, 1.82) is 0 Å². The average molecular weight is 302 g/mol. The van der Waals surface area contributed by atoms with Crippen molar-refractivity contribution in [3.63, 3.8) is 0 Å². The molecule has 118 valence electrons. The molecule has 0 aromatic heterocycles. The van der Waals surface area contributed by atoms with Crippen LogP contribution >= 0.6 is 0 Å². The van der Waals surface area contributed by atoms with Crippen LogP contribution in [0.1, 0.15) is 49.3 Å². The van der Waals surface area contributed by atoms with Crippen molar-refractivity contribution in [2.45, 2.75) is 50.6 Å². The summed E-state index contributed by atoms with van der Waals surface area (Å²) in [7, 11) is 1.65. The summed E-state index contributed by atoms with van der Waals surface area (Å²) in [6.07, 6.45) is 5.03. The third-order valence-electron chi connectivity index (χ3n) is 4.53. The van der Waals surface area contributed by atoms with Gasteiger partial charge in [0.1, 0.15) is 11.8 Å². The molecule has 0 radical (unpaired) electrons. The van der Waals surface area contributed by atoms with Crippen LogP contribution < -0.4 is 15.4 Å². The Morgan fingerprint density at radius 3 is 2.86 bits per heavy atom. The Balaban J connectivity index is 1.73. The summed E-state index contributed by atoms with van der Waals surface area (Å²) in [6, 6.07) is 5.67. The lowest BCUT2D eigenvalue weighted by atomic mass is 9.87. The smallest absolute Gasteiger partial charge is 0.243 e. The topological polar surface area (TPSA) is 67.4 Å². The molecule has 5 heteroatoms. The van der Waals surface area contributed by atoms with Gasteiger partial charge in [-0.2, -0.15) is 0 Å². The number of carbonyl (C=O) groups is 2. The molecule has 5 nitrogen and oxygen atoms in total. The zero-order valence-corrected chi connectivity index (χ0v) is 12.9. The quantitative estimate of drug-likeness (QED) is 0.895. The highest BCUT2D eigenvalue weighted by Gasteiger charge is 2.28. The van der Waals surface area contributed by atoms with E-state index in [1.54, 1.807) is 7.11 Å². The fraction of sp³-hybridized carbons (Fsp3) is 0.529. The Labute approximate surface area is 130 Å². The van der Waals surface area contributed by atoms with Crippen molar-refractivity contribution in [2.24, 2.45) is 0 Å². The van der Waals surface area contributed by atoms with Crippen LogP contribution in [-0.4, -0.2) is 25.0 Å². The molecule has 22 heavy (non-hydrogen) atoms. The van der Waals surface area contributed by atoms with Crippen LogP contribution in [0.4, 0.5) is 0 Å². The molecule has 3 rings (SSSR count). The SMILES string of the molecule is COc1ccc2c(c1)[C@H](NC(=O)[C@H]1CCCC(=O)N1)CCC2. The molecule has 1 aliphatic carbocycles. The van der Waals surface area contributed by atoms with Gasteiger partial charge in [0.25, 0.3) is 0 Å². The minimum atomic E-state index is -0.391. The molecule has 1 saturated heterocycles. The van der Waals surface area contributed by atoms with Crippen molar-refractivity contribution in [3.8, 4) is 5.75 Å². The predicted octanol–water partition coefficient (Wildman–Crippen LogP) is 1.86. The van der Waals surface area contributed by atoms with E-state index in [2.05, 4.69) is 16.7 Å². The molecule has 2 N–H and O–H groups in total. The van der Waals surface area contributed by atoms with Crippen LogP contribution in [0.25, 0.3) is 0 Å². The number of hydrogen-bond donors (Lipinski definition) is 2. The van der Waals surface area contributed by atoms with E-state index in [0.29, 0.717) is 6.42 Å². The van der Waals surface area contributed by atoms with Gasteiger partial charge in [-0.15, -0.1) is 0 Å². The Bertz CT molecular complexity index is 585. The molecule has 1 heterocycles. The normalized spacial score (nSPS) is 24.1. The standard InChI is InChI=1S/C17H22N2O3/c1-22-12-9-8-11-4-2-5-14(13(11)10-12)19-17(21)15-6-3-7-16(20)18-15/h8-10,14-15H,2-7H2,1H3,(H,18,20)(H,19,21)/t14-,15-/m1/s1. The molecule has 2 aliphatic rings. The van der Waals surface area contributed by atoms with E-state index in [1.165, 1.54) is 5.56 Å². The van der Waals surface area contributed by atoms with E-state index in [1.807, 2.05) is 12.1 Å². The first-order valence-corrected chi connectivity index (χ1v) is 7.94. The van der Waals surface area contributed by atoms with Gasteiger partial charge in [-0.05, 0) is 55.4 Å². The molecule has 0 saturated carbocycles. The first kappa shape index (κ1) is 14.9. The lowest BCUT2D eigenvalue weighted by Gasteiger charge is -2.29. The van der Waals surface area contributed by atoms with Crippen LogP contribution in [0.15, 0.2) is 18.2 Å². The number of carbonyl (C=O) groups excluding carboxylic acids is 2. The second kappa shape index (κ2) is 6.38. The van der Waals surface area contributed by atoms with Crippen LogP contribution in [-0.2, 0) is 16.0 Å². The number of amides is 2. The van der Waals surface area contributed by atoms with E-state index in [-0.39, 0.29) is 17.9 Å². The van der Waals surface area contributed by atoms with Crippen molar-refractivity contribution in [3.05, 3.63) is 29.3 Å². The Hall–Kier alpha value is -2.04. The molecule has 1 fully saturated rings. The summed E-state index contributed by atoms with van der Waals surface area (Å²) < 4.78 is 5.29. The van der Waals surface area contributed by atoms with Crippen LogP contribution in [0, 0.1) is 0 Å². The average Bonchev–Trinajstić information content (AvgIpc) is 2.54. The lowest BCUT2D eigenvalue weighted by molar-refractivity contribution is -0.131. The number of methoxy groups -OCH3 is 1. The highest BCUT2D eigenvalue weighted by atomic mass is 16.5. The van der Waals surface area contributed by atoms with Gasteiger partial charge in [0, 0.05) is 6.42 Å². The largest absolute Gasteiger partial charge is 0.497 e. The second-order valence-corrected chi connectivity index (χ2v) is 6.03. The third-order valence-corrected chi connectivity index (χ3v) is 4.53. The first-order chi connectivity index (χ1) is 10.7. The highest BCUT2D eigenvalue weighted by molar-refractivity contribution is 5.88. The van der Waals surface area contributed by atoms with Crippen molar-refractivity contribution in [2.75, 3.05) is 7.11 Å². The van der Waals surface area contributed by atoms with Gasteiger partial charge < -0.3 is 15.4 Å². The number of ether oxygens (including phenoxy) is 1. The van der Waals surface area contributed by atoms with Crippen molar-refractivity contribution in [1.82, 2.24) is 10.6 Å². The molecular formula is C17H22N2O3. The number of nitrogens with one attached hydrogen (secondary N) is 2. The van der Waals surface area contributed by atoms with Gasteiger partial charge in [0.15, 0.2) is 0 Å². The fourth-order valence-corrected chi connectivity index (χ4v) is 3.33. The van der Waals surface area contributed by atoms with Crippen molar-refractivity contribution < 1.29 is 14.3 Å². The zero-order valence-electron chi connectivity index (χ0n) is 12.9. The number of fused-ring (bicyclic) bond motifs is 1. The van der Waals surface area contributed by atoms with Crippen molar-refractivity contribution >= 4 is 11.8 Å². The predicted molar refractivity (Wildman–Crippen MR) is 82.6 cm³/mol. The highest BCUT2D eigenvalue weighted by Crippen LogP contribution is 2.32. The minimum Gasteiger partial charge on any atom is -0.497 e. The number of aryl methyl sites for hydroxylation is 1. The van der Waals surface area contributed by atoms with E-state index < -0.39 is 6.04 Å². The molecule has 2 atom stereocenters. The molecular weight excluding hydrogens is 280 g/mol. The van der Waals surface area contributed by atoms with E-state index >= 15 is 0 Å². The van der Waals surface area contributed by atoms with E-state index in [4.69, 9.17) is 4.74 Å². The molecule has 1 aromatic rings. The second-order valence-electron chi connectivity index (χ2n) is 6.03. The number of piperidine rings is 1. The molecule has 2 amide bonds. The van der Waals surface area contributed by atoms with E-state index in [9.17, 15) is 9.59 Å². The lowest BCUT2D eigenvalue weighted by Crippen LogP contribution is -2.50. The summed E-state index contributed by atoms with van der Waals surface area (Å²) in [5.41, 5.74) is 2.41. The van der Waals surface area contributed by atoms with Gasteiger partial charge in [0.2, 0.25) is 11.8 Å². The monoisotopic (exact) mass is 302 g/mol. The number of benzene rings is 1. The summed E-state index contributed by atoms with van der Waals surface area (Å²) >= 11 is 0. The zero-order chi connectivity index (χ0) is 15.5. The number of rotatable bonds is 3. The maximum atomic E-state index is 12.4. The summed E-state index contributed by atoms with van der Waals surface area (Å²) in [5, 5.41) is 5.88. The molecule has 0 bridgehead atoms. The summed E-state index contributed by atoms with van der Waals surface area (Å²) in [5.74, 6) is 0.705. The third kappa shape index (κ3) is 3.08. The van der Waals surface area contributed by atoms with Crippen LogP contribution in [0.3, 0.4) is 0 Å². The van der Waals surface area contributed by atoms with Crippen LogP contribution in [0.5, 0.6) is 5.75 Å². The maximum absolute atomic E-state index is 12.4. The Kier molecular flexibility index (Phi) is 4.32. The number of hydrogen-bond acceptors (Lipinski definition) is 3. The molecule has 1 aliphatic heterocycles. The fourth-order valence-electron chi connectivity index (χ4n) is 3.33. The Morgan fingerprint density at radius 2 is 2.09 bits per heavy atom. The van der Waals surface area contributed by atoms with E-state index in [0.717, 1.165) is 43.4 Å². The first-order valence-electron chi connectivity index (χ1n) is 7.94. The summed E-state index contributed by atoms with van der Waals surface area (Å²) in [6.45, 7) is 0.